The van der Waals surface area contributed by atoms with Crippen LogP contribution in [-0.4, -0.2) is 32.2 Å². The van der Waals surface area contributed by atoms with Crippen LogP contribution in [0.5, 0.6) is 11.5 Å². The molecule has 0 fully saturated rings. The number of phenols is 1. The zero-order chi connectivity index (χ0) is 24.9. The van der Waals surface area contributed by atoms with Gasteiger partial charge in [0.05, 0.1) is 16.4 Å². The molecule has 5 aromatic rings. The number of carbonyl (C=O) groups excluding carboxylic acids is 1. The largest absolute Gasteiger partial charge is 0.507 e. The average Bonchev–Trinajstić information content (AvgIpc) is 3.28. The van der Waals surface area contributed by atoms with Crippen molar-refractivity contribution in [2.45, 2.75) is 6.54 Å². The third-order valence-electron chi connectivity index (χ3n) is 5.43. The maximum absolute atomic E-state index is 12.2. The second kappa shape index (κ2) is 10.5. The number of aromatic nitrogens is 3. The van der Waals surface area contributed by atoms with E-state index in [1.165, 1.54) is 0 Å². The Kier molecular flexibility index (Phi) is 6.81. The van der Waals surface area contributed by atoms with Gasteiger partial charge in [0.25, 0.3) is 5.91 Å². The number of anilines is 2. The van der Waals surface area contributed by atoms with E-state index in [2.05, 4.69) is 36.6 Å². The number of hydrogen-bond donors (Lipinski definition) is 3. The molecule has 0 saturated heterocycles. The highest BCUT2D eigenvalue weighted by Gasteiger charge is 2.13. The minimum atomic E-state index is -0.232. The lowest BCUT2D eigenvalue weighted by Gasteiger charge is -2.12. The van der Waals surface area contributed by atoms with E-state index < -0.39 is 0 Å². The van der Waals surface area contributed by atoms with Crippen molar-refractivity contribution >= 4 is 39.0 Å². The Morgan fingerprint density at radius 3 is 2.53 bits per heavy atom. The Morgan fingerprint density at radius 2 is 1.75 bits per heavy atom. The monoisotopic (exact) mass is 543 g/mol. The number of para-hydroxylation sites is 2. The molecule has 5 rings (SSSR count). The molecule has 0 spiro atoms. The van der Waals surface area contributed by atoms with E-state index in [4.69, 9.17) is 4.74 Å². The molecule has 36 heavy (non-hydrogen) atoms. The first-order chi connectivity index (χ1) is 17.6. The first-order valence-corrected chi connectivity index (χ1v) is 12.0. The molecule has 0 aliphatic heterocycles. The number of fused-ring (bicyclic) bond motifs is 1. The van der Waals surface area contributed by atoms with Gasteiger partial charge in [-0.15, -0.1) is 0 Å². The molecule has 2 aromatic heterocycles. The second-order valence-corrected chi connectivity index (χ2v) is 8.83. The summed E-state index contributed by atoms with van der Waals surface area (Å²) >= 11 is 3.49. The van der Waals surface area contributed by atoms with Gasteiger partial charge in [0.1, 0.15) is 17.3 Å². The van der Waals surface area contributed by atoms with Crippen molar-refractivity contribution in [2.24, 2.45) is 0 Å². The molecule has 1 amide bonds. The number of nitrogens with one attached hydrogen (secondary N) is 2. The SMILES string of the molecule is O=C(COc1ccccc1)Nc1ccc(CNc2cc(-c3ccccc3O)nc3c(Br)cnn23)cc1. The summed E-state index contributed by atoms with van der Waals surface area (Å²) in [5.41, 5.74) is 3.58. The Hall–Kier alpha value is -4.37. The Morgan fingerprint density at radius 1 is 1.00 bits per heavy atom. The first-order valence-electron chi connectivity index (χ1n) is 11.2. The minimum absolute atomic E-state index is 0.0654. The molecule has 3 N–H and O–H groups in total. The molecule has 3 aromatic carbocycles. The number of amides is 1. The normalized spacial score (nSPS) is 10.8. The van der Waals surface area contributed by atoms with Gasteiger partial charge in [0.15, 0.2) is 12.3 Å². The van der Waals surface area contributed by atoms with Crippen molar-refractivity contribution < 1.29 is 14.6 Å². The van der Waals surface area contributed by atoms with Crippen LogP contribution in [0.1, 0.15) is 5.56 Å². The maximum atomic E-state index is 12.2. The second-order valence-electron chi connectivity index (χ2n) is 7.97. The van der Waals surface area contributed by atoms with E-state index in [9.17, 15) is 9.90 Å². The zero-order valence-electron chi connectivity index (χ0n) is 19.1. The van der Waals surface area contributed by atoms with Crippen LogP contribution in [0.15, 0.2) is 95.6 Å². The zero-order valence-corrected chi connectivity index (χ0v) is 20.6. The lowest BCUT2D eigenvalue weighted by molar-refractivity contribution is -0.118. The quantitative estimate of drug-likeness (QED) is 0.239. The van der Waals surface area contributed by atoms with Crippen molar-refractivity contribution in [3.8, 4) is 22.8 Å². The van der Waals surface area contributed by atoms with Crippen molar-refractivity contribution in [1.29, 1.82) is 0 Å². The number of rotatable bonds is 8. The summed E-state index contributed by atoms with van der Waals surface area (Å²) in [6.45, 7) is 0.451. The Balaban J connectivity index is 1.26. The minimum Gasteiger partial charge on any atom is -0.507 e. The number of ether oxygens (including phenoxy) is 1. The molecule has 8 nitrogen and oxygen atoms in total. The average molecular weight is 544 g/mol. The molecule has 9 heteroatoms. The fourth-order valence-electron chi connectivity index (χ4n) is 3.65. The molecule has 0 atom stereocenters. The van der Waals surface area contributed by atoms with Crippen molar-refractivity contribution in [3.05, 3.63) is 101 Å². The van der Waals surface area contributed by atoms with Gasteiger partial charge in [-0.1, -0.05) is 42.5 Å². The molecule has 0 unspecified atom stereocenters. The van der Waals surface area contributed by atoms with Gasteiger partial charge in [0, 0.05) is 23.9 Å². The van der Waals surface area contributed by atoms with Crippen LogP contribution in [-0.2, 0) is 11.3 Å². The smallest absolute Gasteiger partial charge is 0.262 e. The molecule has 0 aliphatic rings. The number of nitrogens with zero attached hydrogens (tertiary/aromatic N) is 3. The summed E-state index contributed by atoms with van der Waals surface area (Å²) in [7, 11) is 0. The molecule has 0 bridgehead atoms. The summed E-state index contributed by atoms with van der Waals surface area (Å²) in [4.78, 5) is 16.9. The van der Waals surface area contributed by atoms with Crippen LogP contribution in [0.3, 0.4) is 0 Å². The highest BCUT2D eigenvalue weighted by atomic mass is 79.9. The van der Waals surface area contributed by atoms with Gasteiger partial charge in [0.2, 0.25) is 0 Å². The van der Waals surface area contributed by atoms with Crippen LogP contribution in [0, 0.1) is 0 Å². The van der Waals surface area contributed by atoms with E-state index >= 15 is 0 Å². The molecular formula is C27H22BrN5O3. The lowest BCUT2D eigenvalue weighted by atomic mass is 10.1. The van der Waals surface area contributed by atoms with Crippen molar-refractivity contribution in [1.82, 2.24) is 14.6 Å². The molecule has 180 valence electrons. The predicted octanol–water partition coefficient (Wildman–Crippen LogP) is 5.49. The van der Waals surface area contributed by atoms with Gasteiger partial charge in [-0.25, -0.2) is 4.98 Å². The van der Waals surface area contributed by atoms with Crippen LogP contribution < -0.4 is 15.4 Å². The molecule has 0 radical (unpaired) electrons. The molecular weight excluding hydrogens is 522 g/mol. The third kappa shape index (κ3) is 5.31. The van der Waals surface area contributed by atoms with Crippen LogP contribution in [0.25, 0.3) is 16.9 Å². The number of benzene rings is 3. The van der Waals surface area contributed by atoms with Crippen molar-refractivity contribution in [3.63, 3.8) is 0 Å². The van der Waals surface area contributed by atoms with Crippen LogP contribution in [0.4, 0.5) is 11.5 Å². The molecule has 0 saturated carbocycles. The fraction of sp³-hybridized carbons (Fsp3) is 0.0741. The Bertz CT molecular complexity index is 1500. The maximum Gasteiger partial charge on any atom is 0.262 e. The number of phenolic OH excluding ortho intramolecular Hbond substituents is 1. The van der Waals surface area contributed by atoms with Gasteiger partial charge >= 0.3 is 0 Å². The highest BCUT2D eigenvalue weighted by Crippen LogP contribution is 2.31. The number of hydrogen-bond acceptors (Lipinski definition) is 6. The van der Waals surface area contributed by atoms with Gasteiger partial charge in [-0.2, -0.15) is 9.61 Å². The van der Waals surface area contributed by atoms with Gasteiger partial charge < -0.3 is 20.5 Å². The summed E-state index contributed by atoms with van der Waals surface area (Å²) in [6.07, 6.45) is 1.68. The fourth-order valence-corrected chi connectivity index (χ4v) is 4.00. The summed E-state index contributed by atoms with van der Waals surface area (Å²) in [5, 5.41) is 20.9. The van der Waals surface area contributed by atoms with Crippen molar-refractivity contribution in [2.75, 3.05) is 17.2 Å². The van der Waals surface area contributed by atoms with Crippen LogP contribution in [0.2, 0.25) is 0 Å². The lowest BCUT2D eigenvalue weighted by Crippen LogP contribution is -2.20. The van der Waals surface area contributed by atoms with E-state index in [0.29, 0.717) is 34.9 Å². The molecule has 2 heterocycles. The van der Waals surface area contributed by atoms with Gasteiger partial charge in [-0.3, -0.25) is 4.79 Å². The van der Waals surface area contributed by atoms with Crippen LogP contribution >= 0.6 is 15.9 Å². The van der Waals surface area contributed by atoms with E-state index in [0.717, 1.165) is 15.9 Å². The standard InChI is InChI=1S/C27H22BrN5O3/c28-22-16-30-33-25(14-23(32-27(22)33)21-8-4-5-9-24(21)34)29-15-18-10-12-19(13-11-18)31-26(35)17-36-20-6-2-1-3-7-20/h1-14,16,29,34H,15,17H2,(H,31,35). The highest BCUT2D eigenvalue weighted by molar-refractivity contribution is 9.10. The number of carbonyl (C=O) groups is 1. The van der Waals surface area contributed by atoms with E-state index in [1.54, 1.807) is 35.0 Å². The Labute approximate surface area is 215 Å². The first kappa shape index (κ1) is 23.4. The number of halogens is 1. The van der Waals surface area contributed by atoms with E-state index in [1.807, 2.05) is 60.7 Å². The van der Waals surface area contributed by atoms with E-state index in [-0.39, 0.29) is 18.3 Å². The number of aromatic hydroxyl groups is 1. The third-order valence-corrected chi connectivity index (χ3v) is 5.99. The summed E-state index contributed by atoms with van der Waals surface area (Å²) < 4.78 is 7.94. The van der Waals surface area contributed by atoms with Gasteiger partial charge in [-0.05, 0) is 57.9 Å². The topological polar surface area (TPSA) is 101 Å². The molecule has 0 aliphatic carbocycles. The predicted molar refractivity (Wildman–Crippen MR) is 142 cm³/mol. The summed E-state index contributed by atoms with van der Waals surface area (Å²) in [6, 6.07) is 25.7. The summed E-state index contributed by atoms with van der Waals surface area (Å²) in [5.74, 6) is 1.29.